The van der Waals surface area contributed by atoms with Crippen LogP contribution in [0, 0.1) is 0 Å². The summed E-state index contributed by atoms with van der Waals surface area (Å²) in [7, 11) is 0. The first-order chi connectivity index (χ1) is 9.76. The van der Waals surface area contributed by atoms with Crippen LogP contribution in [0.2, 0.25) is 0 Å². The molecular formula is C16H24N2O3. The Balaban J connectivity index is 2.17. The molecule has 2 rings (SSSR count). The van der Waals surface area contributed by atoms with Crippen molar-refractivity contribution in [2.24, 2.45) is 5.73 Å². The van der Waals surface area contributed by atoms with Crippen LogP contribution in [-0.2, 0) is 10.2 Å². The molecule has 0 atom stereocenters. The fraction of sp³-hybridized carbons (Fsp3) is 0.562. The molecule has 1 saturated carbocycles. The molecule has 5 heteroatoms. The van der Waals surface area contributed by atoms with E-state index in [-0.39, 0.29) is 11.2 Å². The van der Waals surface area contributed by atoms with Crippen LogP contribution in [0.25, 0.3) is 0 Å². The molecule has 1 aromatic rings. The Kier molecular flexibility index (Phi) is 4.14. The Morgan fingerprint density at radius 3 is 2.57 bits per heavy atom. The lowest BCUT2D eigenvalue weighted by Gasteiger charge is -2.41. The second-order valence-electron chi connectivity index (χ2n) is 6.70. The van der Waals surface area contributed by atoms with Gasteiger partial charge in [0.2, 0.25) is 0 Å². The number of hydrogen-bond donors (Lipinski definition) is 3. The normalized spacial score (nSPS) is 17.0. The van der Waals surface area contributed by atoms with Crippen molar-refractivity contribution in [1.82, 2.24) is 0 Å². The highest BCUT2D eigenvalue weighted by Crippen LogP contribution is 2.46. The first-order valence-corrected chi connectivity index (χ1v) is 7.29. The summed E-state index contributed by atoms with van der Waals surface area (Å²) in [5.41, 5.74) is 6.60. The van der Waals surface area contributed by atoms with E-state index in [4.69, 9.17) is 10.5 Å². The molecule has 21 heavy (non-hydrogen) atoms. The molecule has 0 spiro atoms. The predicted octanol–water partition coefficient (Wildman–Crippen LogP) is 3.12. The zero-order chi connectivity index (χ0) is 15.7. The summed E-state index contributed by atoms with van der Waals surface area (Å²) in [4.78, 5) is 11.8. The molecule has 0 bridgehead atoms. The number of benzene rings is 1. The average Bonchev–Trinajstić information content (AvgIpc) is 2.30. The maximum Gasteiger partial charge on any atom is 0.412 e. The van der Waals surface area contributed by atoms with E-state index in [0.29, 0.717) is 12.2 Å². The van der Waals surface area contributed by atoms with Crippen LogP contribution in [0.4, 0.5) is 10.5 Å². The van der Waals surface area contributed by atoms with Gasteiger partial charge in [0, 0.05) is 23.2 Å². The summed E-state index contributed by atoms with van der Waals surface area (Å²) < 4.78 is 5.23. The summed E-state index contributed by atoms with van der Waals surface area (Å²) in [5, 5.41) is 12.8. The molecule has 5 nitrogen and oxygen atoms in total. The van der Waals surface area contributed by atoms with Crippen LogP contribution >= 0.6 is 0 Å². The number of aromatic hydroxyl groups is 1. The molecule has 0 saturated heterocycles. The van der Waals surface area contributed by atoms with E-state index >= 15 is 0 Å². The number of ether oxygens (including phenoxy) is 1. The maximum absolute atomic E-state index is 11.8. The van der Waals surface area contributed by atoms with Crippen LogP contribution in [0.15, 0.2) is 18.2 Å². The van der Waals surface area contributed by atoms with Crippen molar-refractivity contribution < 1.29 is 14.6 Å². The lowest BCUT2D eigenvalue weighted by atomic mass is 9.64. The van der Waals surface area contributed by atoms with Gasteiger partial charge in [-0.15, -0.1) is 0 Å². The van der Waals surface area contributed by atoms with Crippen LogP contribution in [-0.4, -0.2) is 23.3 Å². The molecular weight excluding hydrogens is 268 g/mol. The van der Waals surface area contributed by atoms with Gasteiger partial charge >= 0.3 is 6.09 Å². The first kappa shape index (κ1) is 15.6. The Bertz CT molecular complexity index is 525. The average molecular weight is 292 g/mol. The number of phenols is 1. The van der Waals surface area contributed by atoms with Crippen LogP contribution in [0.3, 0.4) is 0 Å². The highest BCUT2D eigenvalue weighted by atomic mass is 16.6. The lowest BCUT2D eigenvalue weighted by Crippen LogP contribution is -2.41. The lowest BCUT2D eigenvalue weighted by molar-refractivity contribution is 0.0636. The van der Waals surface area contributed by atoms with Gasteiger partial charge in [0.25, 0.3) is 0 Å². The Hall–Kier alpha value is -1.75. The van der Waals surface area contributed by atoms with E-state index in [1.165, 1.54) is 0 Å². The van der Waals surface area contributed by atoms with Crippen LogP contribution < -0.4 is 11.1 Å². The molecule has 0 unspecified atom stereocenters. The third-order valence-corrected chi connectivity index (χ3v) is 3.91. The number of rotatable bonds is 3. The minimum atomic E-state index is -0.545. The highest BCUT2D eigenvalue weighted by molar-refractivity contribution is 5.85. The molecule has 1 aliphatic carbocycles. The van der Waals surface area contributed by atoms with Gasteiger partial charge in [0.15, 0.2) is 0 Å². The van der Waals surface area contributed by atoms with Crippen molar-refractivity contribution >= 4 is 11.8 Å². The summed E-state index contributed by atoms with van der Waals surface area (Å²) in [6, 6.07) is 5.05. The topological polar surface area (TPSA) is 84.6 Å². The van der Waals surface area contributed by atoms with E-state index in [1.54, 1.807) is 18.2 Å². The summed E-state index contributed by atoms with van der Waals surface area (Å²) in [6.45, 7) is 5.93. The molecule has 0 aromatic heterocycles. The summed E-state index contributed by atoms with van der Waals surface area (Å²) in [5.74, 6) is 0.231. The molecule has 0 radical (unpaired) electrons. The second-order valence-corrected chi connectivity index (χ2v) is 6.70. The molecule has 0 heterocycles. The molecule has 116 valence electrons. The first-order valence-electron chi connectivity index (χ1n) is 7.29. The number of amides is 1. The number of hydrogen-bond acceptors (Lipinski definition) is 4. The van der Waals surface area contributed by atoms with E-state index in [9.17, 15) is 9.90 Å². The zero-order valence-electron chi connectivity index (χ0n) is 12.9. The van der Waals surface area contributed by atoms with Crippen molar-refractivity contribution in [2.45, 2.75) is 51.0 Å². The minimum absolute atomic E-state index is 0.157. The van der Waals surface area contributed by atoms with Gasteiger partial charge in [-0.1, -0.05) is 6.42 Å². The van der Waals surface area contributed by atoms with Crippen molar-refractivity contribution in [1.29, 1.82) is 0 Å². The van der Waals surface area contributed by atoms with Crippen molar-refractivity contribution in [3.63, 3.8) is 0 Å². The third-order valence-electron chi connectivity index (χ3n) is 3.91. The smallest absolute Gasteiger partial charge is 0.412 e. The van der Waals surface area contributed by atoms with Crippen molar-refractivity contribution in [3.05, 3.63) is 23.8 Å². The van der Waals surface area contributed by atoms with E-state index < -0.39 is 11.7 Å². The number of carbonyl (C=O) groups is 1. The number of anilines is 1. The van der Waals surface area contributed by atoms with E-state index in [0.717, 1.165) is 24.8 Å². The number of nitrogens with one attached hydrogen (secondary N) is 1. The fourth-order valence-electron chi connectivity index (χ4n) is 2.65. The summed E-state index contributed by atoms with van der Waals surface area (Å²) in [6.07, 6.45) is 2.54. The Morgan fingerprint density at radius 1 is 1.43 bits per heavy atom. The molecule has 1 aliphatic rings. The number of carbonyl (C=O) groups excluding carboxylic acids is 1. The fourth-order valence-corrected chi connectivity index (χ4v) is 2.65. The van der Waals surface area contributed by atoms with Gasteiger partial charge in [-0.25, -0.2) is 4.79 Å². The summed E-state index contributed by atoms with van der Waals surface area (Å²) >= 11 is 0. The van der Waals surface area contributed by atoms with Gasteiger partial charge in [0.1, 0.15) is 11.4 Å². The molecule has 1 amide bonds. The van der Waals surface area contributed by atoms with Crippen molar-refractivity contribution in [2.75, 3.05) is 11.9 Å². The molecule has 1 aromatic carbocycles. The van der Waals surface area contributed by atoms with E-state index in [1.807, 2.05) is 20.8 Å². The molecule has 4 N–H and O–H groups in total. The minimum Gasteiger partial charge on any atom is -0.508 e. The zero-order valence-corrected chi connectivity index (χ0v) is 12.9. The Morgan fingerprint density at radius 2 is 2.10 bits per heavy atom. The number of nitrogens with two attached hydrogens (primary N) is 1. The van der Waals surface area contributed by atoms with Gasteiger partial charge < -0.3 is 15.6 Å². The maximum atomic E-state index is 11.8. The second kappa shape index (κ2) is 5.56. The largest absolute Gasteiger partial charge is 0.508 e. The predicted molar refractivity (Wildman–Crippen MR) is 82.5 cm³/mol. The van der Waals surface area contributed by atoms with Gasteiger partial charge in [0.05, 0.1) is 0 Å². The third kappa shape index (κ3) is 3.47. The molecule has 0 aliphatic heterocycles. The van der Waals surface area contributed by atoms with Crippen LogP contribution in [0.1, 0.15) is 45.6 Å². The van der Waals surface area contributed by atoms with Crippen molar-refractivity contribution in [3.8, 4) is 5.75 Å². The monoisotopic (exact) mass is 292 g/mol. The van der Waals surface area contributed by atoms with Crippen LogP contribution in [0.5, 0.6) is 5.75 Å². The van der Waals surface area contributed by atoms with Gasteiger partial charge in [-0.05, 0) is 51.8 Å². The Labute approximate surface area is 125 Å². The van der Waals surface area contributed by atoms with E-state index in [2.05, 4.69) is 5.32 Å². The standard InChI is InChI=1S/C16H24N2O3/c1-15(2,3)21-14(20)18-11-5-6-13(19)12(9-11)16(10-17)7-4-8-16/h5-6,9,19H,4,7-8,10,17H2,1-3H3,(H,18,20). The van der Waals surface area contributed by atoms with Gasteiger partial charge in [-0.3, -0.25) is 5.32 Å². The molecule has 1 fully saturated rings. The number of phenolic OH excluding ortho intramolecular Hbond substituents is 1. The highest BCUT2D eigenvalue weighted by Gasteiger charge is 2.39. The SMILES string of the molecule is CC(C)(C)OC(=O)Nc1ccc(O)c(C2(CN)CCC2)c1. The van der Waals surface area contributed by atoms with Gasteiger partial charge in [-0.2, -0.15) is 0 Å². The quantitative estimate of drug-likeness (QED) is 0.747.